The first kappa shape index (κ1) is 15.2. The van der Waals surface area contributed by atoms with Crippen LogP contribution in [0.4, 0.5) is 5.82 Å². The number of ether oxygens (including phenoxy) is 1. The van der Waals surface area contributed by atoms with Crippen LogP contribution in [0.15, 0.2) is 0 Å². The predicted molar refractivity (Wildman–Crippen MR) is 91.1 cm³/mol. The van der Waals surface area contributed by atoms with Crippen LogP contribution in [-0.4, -0.2) is 54.2 Å². The Labute approximate surface area is 139 Å². The van der Waals surface area contributed by atoms with Gasteiger partial charge in [0.25, 0.3) is 0 Å². The summed E-state index contributed by atoms with van der Waals surface area (Å²) in [6, 6.07) is 0.860. The Morgan fingerprint density at radius 2 is 1.78 bits per heavy atom. The van der Waals surface area contributed by atoms with E-state index in [4.69, 9.17) is 4.74 Å². The van der Waals surface area contributed by atoms with Gasteiger partial charge in [0.2, 0.25) is 5.88 Å². The third-order valence-electron chi connectivity index (χ3n) is 6.16. The lowest BCUT2D eigenvalue weighted by atomic mass is 9.93. The summed E-state index contributed by atoms with van der Waals surface area (Å²) >= 11 is 0. The number of rotatable bonds is 3. The second-order valence-corrected chi connectivity index (χ2v) is 7.49. The molecule has 2 bridgehead atoms. The van der Waals surface area contributed by atoms with Crippen molar-refractivity contribution in [2.45, 2.75) is 45.6 Å². The van der Waals surface area contributed by atoms with Crippen LogP contribution >= 0.6 is 0 Å². The van der Waals surface area contributed by atoms with Crippen molar-refractivity contribution in [2.24, 2.45) is 11.8 Å². The summed E-state index contributed by atoms with van der Waals surface area (Å²) in [7, 11) is 1.69. The molecule has 126 valence electrons. The highest BCUT2D eigenvalue weighted by atomic mass is 16.5. The summed E-state index contributed by atoms with van der Waals surface area (Å²) in [5, 5.41) is 0. The molecule has 0 aromatic carbocycles. The lowest BCUT2D eigenvalue weighted by Crippen LogP contribution is -2.52. The molecule has 3 fully saturated rings. The number of nitrogens with zero attached hydrogens (tertiary/aromatic N) is 4. The first-order valence-electron chi connectivity index (χ1n) is 9.04. The number of hydrogen-bond acceptors (Lipinski definition) is 5. The second-order valence-electron chi connectivity index (χ2n) is 7.49. The fraction of sp³-hybridized carbons (Fsp3) is 0.778. The highest BCUT2D eigenvalue weighted by Crippen LogP contribution is 2.46. The number of methoxy groups -OCH3 is 1. The summed E-state index contributed by atoms with van der Waals surface area (Å²) in [6.07, 6.45) is 5.90. The average molecular weight is 316 g/mol. The van der Waals surface area contributed by atoms with Gasteiger partial charge < -0.3 is 9.64 Å². The number of hydrogen-bond donors (Lipinski definition) is 0. The van der Waals surface area contributed by atoms with E-state index in [-0.39, 0.29) is 0 Å². The molecule has 1 aromatic rings. The minimum Gasteiger partial charge on any atom is -0.481 e. The van der Waals surface area contributed by atoms with Gasteiger partial charge in [0.1, 0.15) is 11.6 Å². The van der Waals surface area contributed by atoms with Crippen molar-refractivity contribution in [1.82, 2.24) is 14.9 Å². The zero-order chi connectivity index (χ0) is 16.0. The van der Waals surface area contributed by atoms with Gasteiger partial charge in [-0.3, -0.25) is 4.90 Å². The van der Waals surface area contributed by atoms with Crippen molar-refractivity contribution in [2.75, 3.05) is 38.2 Å². The third kappa shape index (κ3) is 2.69. The smallest absolute Gasteiger partial charge is 0.221 e. The molecule has 3 aliphatic rings. The zero-order valence-corrected chi connectivity index (χ0v) is 14.6. The number of aromatic nitrogens is 2. The van der Waals surface area contributed by atoms with Crippen LogP contribution in [-0.2, 0) is 0 Å². The monoisotopic (exact) mass is 316 g/mol. The van der Waals surface area contributed by atoms with E-state index < -0.39 is 0 Å². The van der Waals surface area contributed by atoms with Gasteiger partial charge in [-0.05, 0) is 44.9 Å². The molecular weight excluding hydrogens is 288 g/mol. The molecule has 0 amide bonds. The van der Waals surface area contributed by atoms with Crippen molar-refractivity contribution < 1.29 is 4.74 Å². The van der Waals surface area contributed by atoms with Crippen LogP contribution in [0.2, 0.25) is 0 Å². The Kier molecular flexibility index (Phi) is 3.92. The molecule has 3 unspecified atom stereocenters. The third-order valence-corrected chi connectivity index (χ3v) is 6.16. The number of fused-ring (bicyclic) bond motifs is 2. The summed E-state index contributed by atoms with van der Waals surface area (Å²) in [4.78, 5) is 14.2. The van der Waals surface area contributed by atoms with Crippen LogP contribution in [0.3, 0.4) is 0 Å². The van der Waals surface area contributed by atoms with Gasteiger partial charge in [0, 0.05) is 32.2 Å². The van der Waals surface area contributed by atoms with E-state index in [0.29, 0.717) is 5.88 Å². The maximum absolute atomic E-state index is 5.40. The first-order chi connectivity index (χ1) is 11.2. The first-order valence-corrected chi connectivity index (χ1v) is 9.04. The number of aryl methyl sites for hydroxylation is 1. The van der Waals surface area contributed by atoms with E-state index >= 15 is 0 Å². The molecule has 1 saturated heterocycles. The van der Waals surface area contributed by atoms with Crippen molar-refractivity contribution in [3.05, 3.63) is 11.4 Å². The highest BCUT2D eigenvalue weighted by molar-refractivity contribution is 5.51. The van der Waals surface area contributed by atoms with Gasteiger partial charge in [-0.25, -0.2) is 4.98 Å². The summed E-state index contributed by atoms with van der Waals surface area (Å²) < 4.78 is 5.40. The zero-order valence-electron chi connectivity index (χ0n) is 14.6. The van der Waals surface area contributed by atoms with E-state index in [1.165, 1.54) is 38.8 Å². The van der Waals surface area contributed by atoms with Crippen molar-refractivity contribution >= 4 is 5.82 Å². The quantitative estimate of drug-likeness (QED) is 0.856. The van der Waals surface area contributed by atoms with Crippen LogP contribution in [0.25, 0.3) is 0 Å². The van der Waals surface area contributed by atoms with Gasteiger partial charge >= 0.3 is 0 Å². The van der Waals surface area contributed by atoms with Gasteiger partial charge in [0.15, 0.2) is 0 Å². The van der Waals surface area contributed by atoms with E-state index in [1.54, 1.807) is 7.11 Å². The Balaban J connectivity index is 1.45. The van der Waals surface area contributed by atoms with Crippen molar-refractivity contribution in [3.63, 3.8) is 0 Å². The molecule has 2 saturated carbocycles. The molecule has 1 aliphatic heterocycles. The second kappa shape index (κ2) is 5.93. The fourth-order valence-electron chi connectivity index (χ4n) is 5.02. The highest BCUT2D eigenvalue weighted by Gasteiger charge is 2.42. The molecule has 3 atom stereocenters. The molecular formula is C18H28N4O. The lowest BCUT2D eigenvalue weighted by Gasteiger charge is -2.41. The maximum atomic E-state index is 5.40. The summed E-state index contributed by atoms with van der Waals surface area (Å²) in [5.74, 6) is 4.57. The van der Waals surface area contributed by atoms with Crippen molar-refractivity contribution in [1.29, 1.82) is 0 Å². The van der Waals surface area contributed by atoms with E-state index in [0.717, 1.165) is 48.2 Å². The Bertz CT molecular complexity index is 583. The topological polar surface area (TPSA) is 41.5 Å². The van der Waals surface area contributed by atoms with E-state index in [2.05, 4.69) is 26.7 Å². The molecule has 1 aromatic heterocycles. The average Bonchev–Trinajstić information content (AvgIpc) is 3.20. The Hall–Kier alpha value is -1.36. The Morgan fingerprint density at radius 1 is 1.00 bits per heavy atom. The standard InChI is InChI=1S/C18H28N4O/c1-12-17(19-13(2)20-18(12)23-3)22-8-6-21(7-9-22)16-11-14-4-5-15(16)10-14/h14-16H,4-11H2,1-3H3. The Morgan fingerprint density at radius 3 is 2.39 bits per heavy atom. The van der Waals surface area contributed by atoms with Gasteiger partial charge in [-0.1, -0.05) is 6.42 Å². The van der Waals surface area contributed by atoms with Gasteiger partial charge in [-0.2, -0.15) is 4.98 Å². The van der Waals surface area contributed by atoms with Crippen LogP contribution in [0.1, 0.15) is 37.1 Å². The van der Waals surface area contributed by atoms with Crippen molar-refractivity contribution in [3.8, 4) is 5.88 Å². The molecule has 2 heterocycles. The SMILES string of the molecule is COc1nc(C)nc(N2CCN(C3CC4CCC3C4)CC2)c1C. The van der Waals surface area contributed by atoms with Crippen LogP contribution in [0, 0.1) is 25.7 Å². The van der Waals surface area contributed by atoms with Gasteiger partial charge in [0.05, 0.1) is 12.7 Å². The predicted octanol–water partition coefficient (Wildman–Crippen LogP) is 2.41. The molecule has 5 nitrogen and oxygen atoms in total. The van der Waals surface area contributed by atoms with E-state index in [9.17, 15) is 0 Å². The van der Waals surface area contributed by atoms with Crippen LogP contribution in [0.5, 0.6) is 5.88 Å². The molecule has 0 N–H and O–H groups in total. The molecule has 4 rings (SSSR count). The largest absolute Gasteiger partial charge is 0.481 e. The summed E-state index contributed by atoms with van der Waals surface area (Å²) in [6.45, 7) is 8.47. The number of anilines is 1. The fourth-order valence-corrected chi connectivity index (χ4v) is 5.02. The summed E-state index contributed by atoms with van der Waals surface area (Å²) in [5.41, 5.74) is 1.06. The minimum atomic E-state index is 0.711. The number of piperazine rings is 1. The normalized spacial score (nSPS) is 30.9. The minimum absolute atomic E-state index is 0.711. The van der Waals surface area contributed by atoms with Crippen LogP contribution < -0.4 is 9.64 Å². The van der Waals surface area contributed by atoms with E-state index in [1.807, 2.05) is 6.92 Å². The maximum Gasteiger partial charge on any atom is 0.221 e. The lowest BCUT2D eigenvalue weighted by molar-refractivity contribution is 0.134. The molecule has 5 heteroatoms. The molecule has 0 radical (unpaired) electrons. The van der Waals surface area contributed by atoms with Gasteiger partial charge in [-0.15, -0.1) is 0 Å². The molecule has 0 spiro atoms. The molecule has 2 aliphatic carbocycles. The molecule has 23 heavy (non-hydrogen) atoms.